The van der Waals surface area contributed by atoms with Crippen molar-refractivity contribution in [2.75, 3.05) is 11.9 Å². The first kappa shape index (κ1) is 20.5. The lowest BCUT2D eigenvalue weighted by Gasteiger charge is -2.10. The molecule has 4 rings (SSSR count). The predicted molar refractivity (Wildman–Crippen MR) is 118 cm³/mol. The summed E-state index contributed by atoms with van der Waals surface area (Å²) in [6.07, 6.45) is 2.05. The number of rotatable bonds is 9. The van der Waals surface area contributed by atoms with Gasteiger partial charge in [-0.2, -0.15) is 0 Å². The van der Waals surface area contributed by atoms with Crippen LogP contribution in [0.3, 0.4) is 0 Å². The lowest BCUT2D eigenvalue weighted by atomic mass is 10.2. The molecule has 1 fully saturated rings. The number of benzene rings is 3. The van der Waals surface area contributed by atoms with E-state index in [9.17, 15) is 9.59 Å². The van der Waals surface area contributed by atoms with Crippen molar-refractivity contribution in [3.63, 3.8) is 0 Å². The highest BCUT2D eigenvalue weighted by Crippen LogP contribution is 2.21. The molecule has 0 radical (unpaired) electrons. The van der Waals surface area contributed by atoms with Gasteiger partial charge in [0, 0.05) is 17.3 Å². The summed E-state index contributed by atoms with van der Waals surface area (Å²) in [6.45, 7) is 0.351. The molecule has 2 N–H and O–H groups in total. The molecule has 0 aliphatic heterocycles. The second-order valence-electron chi connectivity index (χ2n) is 7.41. The molecule has 3 aromatic carbocycles. The normalized spacial score (nSPS) is 12.6. The van der Waals surface area contributed by atoms with Crippen LogP contribution in [-0.2, 0) is 11.4 Å². The third-order valence-corrected chi connectivity index (χ3v) is 4.76. The first-order valence-corrected chi connectivity index (χ1v) is 10.3. The zero-order valence-electron chi connectivity index (χ0n) is 17.0. The van der Waals surface area contributed by atoms with Crippen molar-refractivity contribution in [1.29, 1.82) is 0 Å². The van der Waals surface area contributed by atoms with Crippen LogP contribution in [0.5, 0.6) is 11.5 Å². The van der Waals surface area contributed by atoms with Crippen molar-refractivity contribution >= 4 is 17.5 Å². The molecule has 1 aliphatic carbocycles. The van der Waals surface area contributed by atoms with Crippen LogP contribution in [0.4, 0.5) is 5.69 Å². The fourth-order valence-electron chi connectivity index (χ4n) is 2.95. The average molecular weight is 416 g/mol. The van der Waals surface area contributed by atoms with Crippen molar-refractivity contribution in [2.24, 2.45) is 0 Å². The highest BCUT2D eigenvalue weighted by molar-refractivity contribution is 5.97. The Labute approximate surface area is 181 Å². The second-order valence-corrected chi connectivity index (χ2v) is 7.41. The van der Waals surface area contributed by atoms with E-state index in [1.165, 1.54) is 0 Å². The molecule has 6 nitrogen and oxygen atoms in total. The van der Waals surface area contributed by atoms with Crippen LogP contribution in [0.2, 0.25) is 0 Å². The smallest absolute Gasteiger partial charge is 0.262 e. The van der Waals surface area contributed by atoms with Gasteiger partial charge in [-0.1, -0.05) is 36.4 Å². The number of carbonyl (C=O) groups excluding carboxylic acids is 2. The van der Waals surface area contributed by atoms with Crippen molar-refractivity contribution < 1.29 is 19.1 Å². The van der Waals surface area contributed by atoms with E-state index in [0.29, 0.717) is 23.6 Å². The van der Waals surface area contributed by atoms with Gasteiger partial charge in [0.15, 0.2) is 6.61 Å². The minimum absolute atomic E-state index is 0.121. The van der Waals surface area contributed by atoms with Crippen LogP contribution in [0.1, 0.15) is 28.8 Å². The minimum Gasteiger partial charge on any atom is -0.489 e. The number of hydrogen-bond donors (Lipinski definition) is 2. The Hall–Kier alpha value is -3.80. The lowest BCUT2D eigenvalue weighted by molar-refractivity contribution is -0.118. The maximum Gasteiger partial charge on any atom is 0.262 e. The summed E-state index contributed by atoms with van der Waals surface area (Å²) in [4.78, 5) is 24.4. The largest absolute Gasteiger partial charge is 0.489 e. The van der Waals surface area contributed by atoms with Gasteiger partial charge in [0.1, 0.15) is 18.1 Å². The van der Waals surface area contributed by atoms with E-state index in [1.54, 1.807) is 48.5 Å². The summed E-state index contributed by atoms with van der Waals surface area (Å²) in [5.41, 5.74) is 2.17. The molecule has 1 aliphatic rings. The van der Waals surface area contributed by atoms with Gasteiger partial charge in [-0.3, -0.25) is 9.59 Å². The summed E-state index contributed by atoms with van der Waals surface area (Å²) in [5.74, 6) is 0.871. The van der Waals surface area contributed by atoms with Crippen LogP contribution in [-0.4, -0.2) is 24.5 Å². The van der Waals surface area contributed by atoms with E-state index in [-0.39, 0.29) is 24.5 Å². The maximum atomic E-state index is 12.2. The Morgan fingerprint density at radius 2 is 1.55 bits per heavy atom. The summed E-state index contributed by atoms with van der Waals surface area (Å²) in [6, 6.07) is 24.2. The molecule has 0 heterocycles. The first-order chi connectivity index (χ1) is 15.2. The molecule has 2 amide bonds. The van der Waals surface area contributed by atoms with Crippen LogP contribution >= 0.6 is 0 Å². The molecular formula is C25H24N2O4. The third kappa shape index (κ3) is 6.34. The van der Waals surface area contributed by atoms with Gasteiger partial charge in [0.2, 0.25) is 0 Å². The zero-order valence-corrected chi connectivity index (χ0v) is 17.0. The zero-order chi connectivity index (χ0) is 21.5. The van der Waals surface area contributed by atoms with Gasteiger partial charge in [0.25, 0.3) is 11.8 Å². The fraction of sp³-hybridized carbons (Fsp3) is 0.200. The van der Waals surface area contributed by atoms with Crippen LogP contribution in [0.15, 0.2) is 78.9 Å². The number of ether oxygens (including phenoxy) is 2. The third-order valence-electron chi connectivity index (χ3n) is 4.76. The Kier molecular flexibility index (Phi) is 6.47. The van der Waals surface area contributed by atoms with E-state index in [0.717, 1.165) is 24.2 Å². The van der Waals surface area contributed by atoms with Crippen molar-refractivity contribution in [3.8, 4) is 11.5 Å². The van der Waals surface area contributed by atoms with E-state index in [2.05, 4.69) is 10.6 Å². The number of hydrogen-bond acceptors (Lipinski definition) is 4. The second kappa shape index (κ2) is 9.80. The van der Waals surface area contributed by atoms with E-state index in [4.69, 9.17) is 9.47 Å². The van der Waals surface area contributed by atoms with Gasteiger partial charge < -0.3 is 20.1 Å². The Morgan fingerprint density at radius 3 is 2.26 bits per heavy atom. The Balaban J connectivity index is 1.23. The molecule has 0 saturated heterocycles. The molecular weight excluding hydrogens is 392 g/mol. The molecule has 1 saturated carbocycles. The van der Waals surface area contributed by atoms with Crippen LogP contribution < -0.4 is 20.1 Å². The fourth-order valence-corrected chi connectivity index (χ4v) is 2.95. The summed E-state index contributed by atoms with van der Waals surface area (Å²) >= 11 is 0. The number of amides is 2. The topological polar surface area (TPSA) is 76.7 Å². The highest BCUT2D eigenvalue weighted by atomic mass is 16.5. The van der Waals surface area contributed by atoms with Crippen molar-refractivity contribution in [1.82, 2.24) is 5.32 Å². The lowest BCUT2D eigenvalue weighted by Crippen LogP contribution is -2.25. The molecule has 0 bridgehead atoms. The molecule has 6 heteroatoms. The van der Waals surface area contributed by atoms with Crippen molar-refractivity contribution in [3.05, 3.63) is 90.0 Å². The maximum absolute atomic E-state index is 12.2. The highest BCUT2D eigenvalue weighted by Gasteiger charge is 2.23. The van der Waals surface area contributed by atoms with Gasteiger partial charge in [0.05, 0.1) is 0 Å². The van der Waals surface area contributed by atoms with E-state index >= 15 is 0 Å². The minimum atomic E-state index is -0.302. The van der Waals surface area contributed by atoms with Crippen LogP contribution in [0.25, 0.3) is 0 Å². The van der Waals surface area contributed by atoms with Gasteiger partial charge >= 0.3 is 0 Å². The molecule has 0 aromatic heterocycles. The molecule has 158 valence electrons. The Morgan fingerprint density at radius 1 is 0.839 bits per heavy atom. The summed E-state index contributed by atoms with van der Waals surface area (Å²) in [5, 5.41) is 5.69. The predicted octanol–water partition coefficient (Wildman–Crippen LogP) is 4.18. The number of anilines is 1. The first-order valence-electron chi connectivity index (χ1n) is 10.3. The molecule has 3 aromatic rings. The van der Waals surface area contributed by atoms with Crippen molar-refractivity contribution in [2.45, 2.75) is 25.5 Å². The quantitative estimate of drug-likeness (QED) is 0.549. The molecule has 0 unspecified atom stereocenters. The monoisotopic (exact) mass is 416 g/mol. The van der Waals surface area contributed by atoms with Crippen LogP contribution in [0, 0.1) is 0 Å². The standard InChI is InChI=1S/C25H24N2O4/c28-24(26-21-8-4-7-19(15-21)25(29)27-20-9-10-20)17-31-23-13-11-22(12-14-23)30-16-18-5-2-1-3-6-18/h1-8,11-15,20H,9-10,16-17H2,(H,26,28)(H,27,29). The van der Waals surface area contributed by atoms with Gasteiger partial charge in [-0.25, -0.2) is 0 Å². The van der Waals surface area contributed by atoms with E-state index in [1.807, 2.05) is 30.3 Å². The molecule has 31 heavy (non-hydrogen) atoms. The average Bonchev–Trinajstić information content (AvgIpc) is 3.62. The Bertz CT molecular complexity index is 1030. The molecule has 0 spiro atoms. The van der Waals surface area contributed by atoms with Gasteiger partial charge in [-0.05, 0) is 60.9 Å². The number of nitrogens with one attached hydrogen (secondary N) is 2. The van der Waals surface area contributed by atoms with Gasteiger partial charge in [-0.15, -0.1) is 0 Å². The summed E-state index contributed by atoms with van der Waals surface area (Å²) in [7, 11) is 0. The summed E-state index contributed by atoms with van der Waals surface area (Å²) < 4.78 is 11.3. The molecule has 0 atom stereocenters. The number of carbonyl (C=O) groups is 2. The van der Waals surface area contributed by atoms with E-state index < -0.39 is 0 Å². The SMILES string of the molecule is O=C(COc1ccc(OCc2ccccc2)cc1)Nc1cccc(C(=O)NC2CC2)c1.